The Morgan fingerprint density at radius 1 is 1.17 bits per heavy atom. The van der Waals surface area contributed by atoms with Crippen molar-refractivity contribution in [2.45, 2.75) is 6.92 Å². The first-order valence-corrected chi connectivity index (χ1v) is 8.52. The molecular formula is C19H16N2O2S. The third-order valence-electron chi connectivity index (χ3n) is 3.25. The fourth-order valence-corrected chi connectivity index (χ4v) is 2.76. The van der Waals surface area contributed by atoms with Crippen molar-refractivity contribution >= 4 is 29.5 Å². The molecule has 3 rings (SSSR count). The van der Waals surface area contributed by atoms with E-state index in [2.05, 4.69) is 9.97 Å². The number of benzene rings is 1. The molecule has 24 heavy (non-hydrogen) atoms. The van der Waals surface area contributed by atoms with E-state index in [9.17, 15) is 4.79 Å². The van der Waals surface area contributed by atoms with Crippen molar-refractivity contribution in [3.05, 3.63) is 70.2 Å². The molecule has 0 aliphatic carbocycles. The van der Waals surface area contributed by atoms with Crippen LogP contribution in [0.15, 0.2) is 53.2 Å². The van der Waals surface area contributed by atoms with Gasteiger partial charge >= 0.3 is 5.97 Å². The molecule has 0 aliphatic heterocycles. The summed E-state index contributed by atoms with van der Waals surface area (Å²) in [6, 6.07) is 13.2. The molecule has 0 spiro atoms. The molecular weight excluding hydrogens is 320 g/mol. The molecule has 0 saturated heterocycles. The highest BCUT2D eigenvalue weighted by Gasteiger charge is 2.13. The predicted octanol–water partition coefficient (Wildman–Crippen LogP) is 4.55. The number of nitrogens with zero attached hydrogens (tertiary/aromatic N) is 2. The quantitative estimate of drug-likeness (QED) is 0.641. The van der Waals surface area contributed by atoms with Crippen LogP contribution in [0.4, 0.5) is 0 Å². The fraction of sp³-hybridized carbons (Fsp3) is 0.105. The molecule has 0 N–H and O–H groups in total. The highest BCUT2D eigenvalue weighted by molar-refractivity contribution is 7.08. The number of hydrogen-bond acceptors (Lipinski definition) is 5. The summed E-state index contributed by atoms with van der Waals surface area (Å²) in [5.41, 5.74) is 2.88. The minimum Gasteiger partial charge on any atom is -0.461 e. The van der Waals surface area contributed by atoms with E-state index >= 15 is 0 Å². The summed E-state index contributed by atoms with van der Waals surface area (Å²) in [7, 11) is 0. The lowest BCUT2D eigenvalue weighted by Gasteiger charge is -2.06. The Kier molecular flexibility index (Phi) is 5.13. The lowest BCUT2D eigenvalue weighted by molar-refractivity contribution is 0.0519. The van der Waals surface area contributed by atoms with Gasteiger partial charge in [-0.3, -0.25) is 0 Å². The fourth-order valence-electron chi connectivity index (χ4n) is 2.13. The lowest BCUT2D eigenvalue weighted by Crippen LogP contribution is -2.09. The van der Waals surface area contributed by atoms with E-state index in [0.717, 1.165) is 11.1 Å². The summed E-state index contributed by atoms with van der Waals surface area (Å²) >= 11 is 1.63. The maximum absolute atomic E-state index is 12.1. The Morgan fingerprint density at radius 3 is 2.71 bits per heavy atom. The summed E-state index contributed by atoms with van der Waals surface area (Å²) in [5.74, 6) is 0.0633. The van der Waals surface area contributed by atoms with Crippen molar-refractivity contribution in [1.29, 1.82) is 0 Å². The van der Waals surface area contributed by atoms with Gasteiger partial charge in [0, 0.05) is 5.56 Å². The van der Waals surface area contributed by atoms with Gasteiger partial charge in [-0.1, -0.05) is 36.4 Å². The van der Waals surface area contributed by atoms with Crippen LogP contribution in [0.1, 0.15) is 28.7 Å². The summed E-state index contributed by atoms with van der Waals surface area (Å²) in [6.45, 7) is 2.08. The van der Waals surface area contributed by atoms with E-state index in [1.54, 1.807) is 24.3 Å². The molecule has 0 fully saturated rings. The van der Waals surface area contributed by atoms with Crippen LogP contribution in [-0.4, -0.2) is 22.5 Å². The first-order valence-electron chi connectivity index (χ1n) is 7.58. The highest BCUT2D eigenvalue weighted by Crippen LogP contribution is 2.18. The van der Waals surface area contributed by atoms with Gasteiger partial charge < -0.3 is 4.74 Å². The second-order valence-corrected chi connectivity index (χ2v) is 5.76. The monoisotopic (exact) mass is 336 g/mol. The van der Waals surface area contributed by atoms with Crippen molar-refractivity contribution in [2.75, 3.05) is 6.61 Å². The Morgan fingerprint density at radius 2 is 2.00 bits per heavy atom. The van der Waals surface area contributed by atoms with Crippen molar-refractivity contribution in [3.63, 3.8) is 0 Å². The zero-order valence-corrected chi connectivity index (χ0v) is 14.0. The minimum absolute atomic E-state index is 0.260. The first kappa shape index (κ1) is 16.1. The molecule has 0 atom stereocenters. The number of rotatable bonds is 5. The molecule has 0 radical (unpaired) electrons. The average molecular weight is 336 g/mol. The SMILES string of the molecule is CCOC(=O)c1cc(/C=C/c2ccsc2)nc(-c2ccccc2)n1. The number of ether oxygens (including phenoxy) is 1. The van der Waals surface area contributed by atoms with Gasteiger partial charge in [0.05, 0.1) is 12.3 Å². The van der Waals surface area contributed by atoms with Gasteiger partial charge in [-0.2, -0.15) is 11.3 Å². The van der Waals surface area contributed by atoms with Crippen LogP contribution in [0.25, 0.3) is 23.5 Å². The molecule has 3 aromatic rings. The molecule has 0 saturated carbocycles. The van der Waals surface area contributed by atoms with Crippen molar-refractivity contribution in [1.82, 2.24) is 9.97 Å². The topological polar surface area (TPSA) is 52.1 Å². The van der Waals surface area contributed by atoms with Crippen molar-refractivity contribution in [3.8, 4) is 11.4 Å². The number of aromatic nitrogens is 2. The standard InChI is InChI=1S/C19H16N2O2S/c1-2-23-19(22)17-12-16(9-8-14-10-11-24-13-14)20-18(21-17)15-6-4-3-5-7-15/h3-13H,2H2,1H3/b9-8+. The van der Waals surface area contributed by atoms with Crippen LogP contribution in [0.2, 0.25) is 0 Å². The average Bonchev–Trinajstić information content (AvgIpc) is 3.14. The van der Waals surface area contributed by atoms with Crippen LogP contribution >= 0.6 is 11.3 Å². The van der Waals surface area contributed by atoms with Crippen molar-refractivity contribution < 1.29 is 9.53 Å². The van der Waals surface area contributed by atoms with Crippen LogP contribution in [0, 0.1) is 0 Å². The maximum Gasteiger partial charge on any atom is 0.357 e. The zero-order valence-electron chi connectivity index (χ0n) is 13.2. The van der Waals surface area contributed by atoms with Crippen molar-refractivity contribution in [2.24, 2.45) is 0 Å². The van der Waals surface area contributed by atoms with E-state index in [1.165, 1.54) is 0 Å². The Hall–Kier alpha value is -2.79. The maximum atomic E-state index is 12.1. The highest BCUT2D eigenvalue weighted by atomic mass is 32.1. The smallest absolute Gasteiger partial charge is 0.357 e. The number of thiophene rings is 1. The third kappa shape index (κ3) is 3.94. The Labute approximate surface area is 144 Å². The first-order chi connectivity index (χ1) is 11.8. The van der Waals surface area contributed by atoms with E-state index in [4.69, 9.17) is 4.74 Å². The summed E-state index contributed by atoms with van der Waals surface area (Å²) in [5, 5.41) is 4.06. The van der Waals surface area contributed by atoms with Crippen LogP contribution in [0.5, 0.6) is 0 Å². The molecule has 120 valence electrons. The molecule has 1 aromatic carbocycles. The van der Waals surface area contributed by atoms with Crippen LogP contribution in [-0.2, 0) is 4.74 Å². The number of carbonyl (C=O) groups excluding carboxylic acids is 1. The van der Waals surface area contributed by atoms with Gasteiger partial charge in [0.25, 0.3) is 0 Å². The van der Waals surface area contributed by atoms with E-state index in [0.29, 0.717) is 18.1 Å². The number of hydrogen-bond donors (Lipinski definition) is 0. The molecule has 2 aromatic heterocycles. The van der Waals surface area contributed by atoms with Gasteiger partial charge in [0.1, 0.15) is 0 Å². The zero-order chi connectivity index (χ0) is 16.8. The van der Waals surface area contributed by atoms with E-state index < -0.39 is 5.97 Å². The lowest BCUT2D eigenvalue weighted by atomic mass is 10.2. The second kappa shape index (κ2) is 7.66. The normalized spacial score (nSPS) is 10.9. The molecule has 0 bridgehead atoms. The molecule has 2 heterocycles. The molecule has 5 heteroatoms. The molecule has 0 aliphatic rings. The number of carbonyl (C=O) groups is 1. The van der Waals surface area contributed by atoms with Gasteiger partial charge in [0.15, 0.2) is 11.5 Å². The van der Waals surface area contributed by atoms with Crippen LogP contribution < -0.4 is 0 Å². The van der Waals surface area contributed by atoms with Gasteiger partial charge in [0.2, 0.25) is 0 Å². The Bertz CT molecular complexity index is 843. The molecule has 0 amide bonds. The second-order valence-electron chi connectivity index (χ2n) is 4.98. The largest absolute Gasteiger partial charge is 0.461 e. The summed E-state index contributed by atoms with van der Waals surface area (Å²) in [6.07, 6.45) is 3.83. The summed E-state index contributed by atoms with van der Waals surface area (Å²) in [4.78, 5) is 21.0. The predicted molar refractivity (Wildman–Crippen MR) is 96.7 cm³/mol. The van der Waals surface area contributed by atoms with Crippen LogP contribution in [0.3, 0.4) is 0 Å². The van der Waals surface area contributed by atoms with Gasteiger partial charge in [-0.15, -0.1) is 0 Å². The molecule has 4 nitrogen and oxygen atoms in total. The van der Waals surface area contributed by atoms with E-state index in [1.807, 2.05) is 59.3 Å². The number of esters is 1. The van der Waals surface area contributed by atoms with Gasteiger partial charge in [-0.05, 0) is 41.5 Å². The summed E-state index contributed by atoms with van der Waals surface area (Å²) < 4.78 is 5.07. The third-order valence-corrected chi connectivity index (χ3v) is 3.95. The van der Waals surface area contributed by atoms with Gasteiger partial charge in [-0.25, -0.2) is 14.8 Å². The minimum atomic E-state index is -0.442. The van der Waals surface area contributed by atoms with E-state index in [-0.39, 0.29) is 5.69 Å². The Balaban J connectivity index is 2.01. The molecule has 0 unspecified atom stereocenters.